The molecule has 1 aromatic carbocycles. The van der Waals surface area contributed by atoms with Crippen LogP contribution in [0.2, 0.25) is 10.0 Å². The molecule has 1 saturated carbocycles. The summed E-state index contributed by atoms with van der Waals surface area (Å²) in [5, 5.41) is 1.30. The summed E-state index contributed by atoms with van der Waals surface area (Å²) in [6.45, 7) is 4.90. The first kappa shape index (κ1) is 16.6. The lowest BCUT2D eigenvalue weighted by Crippen LogP contribution is -2.45. The molecule has 0 amide bonds. The van der Waals surface area contributed by atoms with Crippen LogP contribution in [0.5, 0.6) is 0 Å². The van der Waals surface area contributed by atoms with E-state index in [0.29, 0.717) is 27.9 Å². The summed E-state index contributed by atoms with van der Waals surface area (Å²) in [6.07, 6.45) is 3.90. The molecule has 2 unspecified atom stereocenters. The van der Waals surface area contributed by atoms with Crippen LogP contribution in [-0.2, 0) is 4.74 Å². The first-order valence-corrected chi connectivity index (χ1v) is 9.10. The highest BCUT2D eigenvalue weighted by Gasteiger charge is 2.46. The normalized spacial score (nSPS) is 32.2. The molecule has 22 heavy (non-hydrogen) atoms. The monoisotopic (exact) mass is 341 g/mol. The zero-order chi connectivity index (χ0) is 15.7. The first-order valence-electron chi connectivity index (χ1n) is 8.34. The second-order valence-electron chi connectivity index (χ2n) is 6.71. The lowest BCUT2D eigenvalue weighted by Gasteiger charge is -2.38. The van der Waals surface area contributed by atoms with Gasteiger partial charge in [0.15, 0.2) is 0 Å². The van der Waals surface area contributed by atoms with Crippen LogP contribution in [-0.4, -0.2) is 37.7 Å². The topological polar surface area (TPSA) is 12.5 Å². The van der Waals surface area contributed by atoms with Gasteiger partial charge in [-0.15, -0.1) is 0 Å². The Morgan fingerprint density at radius 1 is 1.27 bits per heavy atom. The SMILES string of the molecule is CCOC[C@H]1C2C(CCCN2C)C[C@@H]1c1ccc(Cl)c(Cl)c1. The van der Waals surface area contributed by atoms with Crippen LogP contribution in [0.15, 0.2) is 18.2 Å². The number of halogens is 2. The van der Waals surface area contributed by atoms with Gasteiger partial charge in [0, 0.05) is 18.6 Å². The molecule has 4 atom stereocenters. The molecular formula is C18H25Cl2NO. The molecule has 4 heteroatoms. The minimum absolute atomic E-state index is 0.525. The summed E-state index contributed by atoms with van der Waals surface area (Å²) in [4.78, 5) is 2.55. The smallest absolute Gasteiger partial charge is 0.0595 e. The second-order valence-corrected chi connectivity index (χ2v) is 7.53. The Labute approximate surface area is 143 Å². The van der Waals surface area contributed by atoms with Crippen molar-refractivity contribution < 1.29 is 4.74 Å². The summed E-state index contributed by atoms with van der Waals surface area (Å²) in [7, 11) is 2.27. The number of piperidine rings is 1. The first-order chi connectivity index (χ1) is 10.6. The van der Waals surface area contributed by atoms with Crippen molar-refractivity contribution >= 4 is 23.2 Å². The molecule has 2 aliphatic rings. The maximum Gasteiger partial charge on any atom is 0.0595 e. The van der Waals surface area contributed by atoms with Crippen molar-refractivity contribution in [3.05, 3.63) is 33.8 Å². The third-order valence-electron chi connectivity index (χ3n) is 5.48. The molecule has 3 rings (SSSR count). The van der Waals surface area contributed by atoms with Gasteiger partial charge in [-0.2, -0.15) is 0 Å². The zero-order valence-corrected chi connectivity index (χ0v) is 14.9. The van der Waals surface area contributed by atoms with Gasteiger partial charge < -0.3 is 9.64 Å². The molecule has 2 fully saturated rings. The predicted octanol–water partition coefficient (Wildman–Crippen LogP) is 4.84. The predicted molar refractivity (Wildman–Crippen MR) is 92.9 cm³/mol. The number of nitrogens with zero attached hydrogens (tertiary/aromatic N) is 1. The number of benzene rings is 1. The Morgan fingerprint density at radius 2 is 2.09 bits per heavy atom. The highest BCUT2D eigenvalue weighted by Crippen LogP contribution is 2.49. The van der Waals surface area contributed by atoms with Crippen molar-refractivity contribution in [2.75, 3.05) is 26.8 Å². The molecule has 1 aromatic rings. The maximum absolute atomic E-state index is 6.25. The zero-order valence-electron chi connectivity index (χ0n) is 13.4. The lowest BCUT2D eigenvalue weighted by molar-refractivity contribution is 0.0461. The molecule has 1 aliphatic carbocycles. The van der Waals surface area contributed by atoms with Crippen LogP contribution >= 0.6 is 23.2 Å². The molecule has 1 saturated heterocycles. The number of hydrogen-bond acceptors (Lipinski definition) is 2. The van der Waals surface area contributed by atoms with Crippen LogP contribution in [0.1, 0.15) is 37.7 Å². The van der Waals surface area contributed by atoms with E-state index in [1.165, 1.54) is 31.4 Å². The third-order valence-corrected chi connectivity index (χ3v) is 6.22. The minimum atomic E-state index is 0.525. The molecule has 122 valence electrons. The van der Waals surface area contributed by atoms with Gasteiger partial charge in [0.25, 0.3) is 0 Å². The Hall–Kier alpha value is -0.280. The average Bonchev–Trinajstić information content (AvgIpc) is 2.88. The van der Waals surface area contributed by atoms with Crippen LogP contribution in [0, 0.1) is 11.8 Å². The summed E-state index contributed by atoms with van der Waals surface area (Å²) in [5.41, 5.74) is 1.32. The molecule has 0 aromatic heterocycles. The van der Waals surface area contributed by atoms with Gasteiger partial charge in [0.2, 0.25) is 0 Å². The van der Waals surface area contributed by atoms with E-state index in [0.717, 1.165) is 19.1 Å². The van der Waals surface area contributed by atoms with Crippen molar-refractivity contribution in [3.63, 3.8) is 0 Å². The molecule has 0 spiro atoms. The number of rotatable bonds is 4. The maximum atomic E-state index is 6.25. The molecule has 0 N–H and O–H groups in total. The minimum Gasteiger partial charge on any atom is -0.381 e. The average molecular weight is 342 g/mol. The van der Waals surface area contributed by atoms with E-state index in [-0.39, 0.29) is 0 Å². The van der Waals surface area contributed by atoms with Gasteiger partial charge in [0.1, 0.15) is 0 Å². The Balaban J connectivity index is 1.88. The lowest BCUT2D eigenvalue weighted by atomic mass is 9.86. The molecular weight excluding hydrogens is 317 g/mol. The van der Waals surface area contributed by atoms with E-state index < -0.39 is 0 Å². The molecule has 0 bridgehead atoms. The molecule has 1 aliphatic heterocycles. The van der Waals surface area contributed by atoms with Crippen molar-refractivity contribution in [3.8, 4) is 0 Å². The quantitative estimate of drug-likeness (QED) is 0.776. The summed E-state index contributed by atoms with van der Waals surface area (Å²) < 4.78 is 5.83. The number of hydrogen-bond donors (Lipinski definition) is 0. The highest BCUT2D eigenvalue weighted by atomic mass is 35.5. The number of likely N-dealkylation sites (tertiary alicyclic amines) is 1. The fourth-order valence-electron chi connectivity index (χ4n) is 4.55. The Kier molecular flexibility index (Phi) is 5.34. The van der Waals surface area contributed by atoms with Crippen LogP contribution < -0.4 is 0 Å². The van der Waals surface area contributed by atoms with E-state index in [2.05, 4.69) is 31.0 Å². The van der Waals surface area contributed by atoms with Gasteiger partial charge >= 0.3 is 0 Å². The molecule has 2 nitrogen and oxygen atoms in total. The number of fused-ring (bicyclic) bond motifs is 1. The Morgan fingerprint density at radius 3 is 2.82 bits per heavy atom. The molecule has 0 radical (unpaired) electrons. The third kappa shape index (κ3) is 3.17. The van der Waals surface area contributed by atoms with E-state index in [1.807, 2.05) is 6.07 Å². The largest absolute Gasteiger partial charge is 0.381 e. The van der Waals surface area contributed by atoms with Crippen molar-refractivity contribution in [2.24, 2.45) is 11.8 Å². The van der Waals surface area contributed by atoms with E-state index in [4.69, 9.17) is 27.9 Å². The summed E-state index contributed by atoms with van der Waals surface area (Å²) >= 11 is 12.3. The van der Waals surface area contributed by atoms with E-state index in [1.54, 1.807) is 0 Å². The van der Waals surface area contributed by atoms with E-state index >= 15 is 0 Å². The van der Waals surface area contributed by atoms with Crippen molar-refractivity contribution in [1.29, 1.82) is 0 Å². The standard InChI is InChI=1S/C18H25Cl2NO/c1-3-22-11-15-14(12-6-7-16(19)17(20)10-12)9-13-5-4-8-21(2)18(13)15/h6-7,10,13-15,18H,3-5,8-9,11H2,1-2H3/t13?,14-,15-,18?/m1/s1. The second kappa shape index (κ2) is 7.09. The summed E-state index contributed by atoms with van der Waals surface area (Å²) in [6, 6.07) is 6.78. The van der Waals surface area contributed by atoms with Crippen LogP contribution in [0.4, 0.5) is 0 Å². The fourth-order valence-corrected chi connectivity index (χ4v) is 4.86. The molecule has 1 heterocycles. The highest BCUT2D eigenvalue weighted by molar-refractivity contribution is 6.42. The van der Waals surface area contributed by atoms with Gasteiger partial charge in [-0.25, -0.2) is 0 Å². The van der Waals surface area contributed by atoms with Gasteiger partial charge in [-0.3, -0.25) is 0 Å². The summed E-state index contributed by atoms with van der Waals surface area (Å²) in [5.74, 6) is 1.85. The van der Waals surface area contributed by atoms with Gasteiger partial charge in [-0.05, 0) is 69.3 Å². The van der Waals surface area contributed by atoms with Crippen LogP contribution in [0.3, 0.4) is 0 Å². The van der Waals surface area contributed by atoms with Crippen molar-refractivity contribution in [2.45, 2.75) is 38.1 Å². The van der Waals surface area contributed by atoms with Gasteiger partial charge in [-0.1, -0.05) is 29.3 Å². The van der Waals surface area contributed by atoms with E-state index in [9.17, 15) is 0 Å². The van der Waals surface area contributed by atoms with Crippen LogP contribution in [0.25, 0.3) is 0 Å². The number of ether oxygens (including phenoxy) is 1. The van der Waals surface area contributed by atoms with Crippen molar-refractivity contribution in [1.82, 2.24) is 4.90 Å². The van der Waals surface area contributed by atoms with Gasteiger partial charge in [0.05, 0.1) is 16.7 Å². The fraction of sp³-hybridized carbons (Fsp3) is 0.667. The Bertz CT molecular complexity index is 522.